The predicted molar refractivity (Wildman–Crippen MR) is 58.3 cm³/mol. The molecule has 4 heteroatoms. The fourth-order valence-electron chi connectivity index (χ4n) is 2.24. The van der Waals surface area contributed by atoms with Crippen molar-refractivity contribution in [2.75, 3.05) is 0 Å². The van der Waals surface area contributed by atoms with E-state index in [-0.39, 0.29) is 5.91 Å². The number of nitrogens with zero attached hydrogens (tertiary/aromatic N) is 1. The van der Waals surface area contributed by atoms with Gasteiger partial charge in [0.1, 0.15) is 0 Å². The van der Waals surface area contributed by atoms with E-state index in [1.165, 1.54) is 0 Å². The highest BCUT2D eigenvalue weighted by molar-refractivity contribution is 5.98. The molecule has 0 saturated heterocycles. The maximum Gasteiger partial charge on any atom is 0.254 e. The fourth-order valence-corrected chi connectivity index (χ4v) is 2.24. The zero-order valence-electron chi connectivity index (χ0n) is 8.98. The molecule has 0 spiro atoms. The lowest BCUT2D eigenvalue weighted by Gasteiger charge is -2.13. The van der Waals surface area contributed by atoms with E-state index in [1.54, 1.807) is 0 Å². The molecule has 2 N–H and O–H groups in total. The summed E-state index contributed by atoms with van der Waals surface area (Å²) in [7, 11) is 0. The summed E-state index contributed by atoms with van der Waals surface area (Å²) in [6.45, 7) is 1.12. The summed E-state index contributed by atoms with van der Waals surface area (Å²) >= 11 is 0. The molecule has 1 amide bonds. The third-order valence-electron chi connectivity index (χ3n) is 3.24. The Kier molecular flexibility index (Phi) is 2.19. The number of amides is 1. The normalized spacial score (nSPS) is 19.1. The molecule has 1 aromatic rings. The van der Waals surface area contributed by atoms with Crippen LogP contribution >= 0.6 is 0 Å². The Morgan fingerprint density at radius 3 is 2.94 bits per heavy atom. The maximum absolute atomic E-state index is 12.1. The first kappa shape index (κ1) is 9.81. The first-order valence-electron chi connectivity index (χ1n) is 5.54. The minimum atomic E-state index is 0.163. The van der Waals surface area contributed by atoms with Crippen molar-refractivity contribution in [3.8, 4) is 0 Å². The van der Waals surface area contributed by atoms with Crippen LogP contribution in [0, 0.1) is 0 Å². The zero-order chi connectivity index (χ0) is 11.1. The summed E-state index contributed by atoms with van der Waals surface area (Å²) < 4.78 is 0. The number of hydrogen-bond acceptors (Lipinski definition) is 3. The van der Waals surface area contributed by atoms with Crippen LogP contribution in [-0.2, 0) is 18.0 Å². The van der Waals surface area contributed by atoms with Gasteiger partial charge in [0, 0.05) is 18.2 Å². The van der Waals surface area contributed by atoms with Gasteiger partial charge in [-0.25, -0.2) is 5.90 Å². The number of hydrogen-bond donors (Lipinski definition) is 1. The van der Waals surface area contributed by atoms with Gasteiger partial charge in [0.2, 0.25) is 0 Å². The number of carbonyl (C=O) groups is 1. The molecule has 0 bridgehead atoms. The lowest BCUT2D eigenvalue weighted by atomic mass is 10.1. The Hall–Kier alpha value is -1.39. The van der Waals surface area contributed by atoms with Crippen LogP contribution in [0.4, 0.5) is 0 Å². The van der Waals surface area contributed by atoms with Crippen LogP contribution in [0.2, 0.25) is 0 Å². The Bertz CT molecular complexity index is 441. The van der Waals surface area contributed by atoms with Gasteiger partial charge in [-0.3, -0.25) is 9.63 Å². The van der Waals surface area contributed by atoms with E-state index in [4.69, 9.17) is 5.90 Å². The molecule has 84 valence electrons. The first-order chi connectivity index (χ1) is 7.79. The summed E-state index contributed by atoms with van der Waals surface area (Å²) in [6, 6.07) is 6.35. The Morgan fingerprint density at radius 1 is 1.44 bits per heavy atom. The third-order valence-corrected chi connectivity index (χ3v) is 3.24. The second-order valence-corrected chi connectivity index (χ2v) is 4.47. The van der Waals surface area contributed by atoms with Crippen LogP contribution in [0.15, 0.2) is 18.2 Å². The van der Waals surface area contributed by atoms with Crippen LogP contribution in [0.1, 0.15) is 34.3 Å². The number of carbonyl (C=O) groups excluding carboxylic acids is 1. The van der Waals surface area contributed by atoms with Crippen molar-refractivity contribution in [3.63, 3.8) is 0 Å². The molecule has 1 fully saturated rings. The van der Waals surface area contributed by atoms with Crippen LogP contribution in [0.5, 0.6) is 0 Å². The molecule has 1 saturated carbocycles. The van der Waals surface area contributed by atoms with Gasteiger partial charge in [0.15, 0.2) is 0 Å². The number of benzene rings is 1. The molecule has 16 heavy (non-hydrogen) atoms. The van der Waals surface area contributed by atoms with E-state index in [9.17, 15) is 4.79 Å². The Labute approximate surface area is 93.9 Å². The minimum absolute atomic E-state index is 0.163. The predicted octanol–water partition coefficient (Wildman–Crippen LogP) is 1.20. The first-order valence-corrected chi connectivity index (χ1v) is 5.54. The maximum atomic E-state index is 12.1. The molecule has 0 atom stereocenters. The molecule has 1 aliphatic heterocycles. The van der Waals surface area contributed by atoms with Crippen molar-refractivity contribution >= 4 is 5.91 Å². The Morgan fingerprint density at radius 2 is 2.25 bits per heavy atom. The van der Waals surface area contributed by atoms with E-state index in [0.717, 1.165) is 36.1 Å². The topological polar surface area (TPSA) is 55.6 Å². The van der Waals surface area contributed by atoms with E-state index in [2.05, 4.69) is 4.84 Å². The van der Waals surface area contributed by atoms with Crippen LogP contribution in [0.3, 0.4) is 0 Å². The van der Waals surface area contributed by atoms with Gasteiger partial charge in [0.05, 0.1) is 6.61 Å². The van der Waals surface area contributed by atoms with Gasteiger partial charge in [-0.15, -0.1) is 0 Å². The van der Waals surface area contributed by atoms with Crippen LogP contribution < -0.4 is 5.90 Å². The van der Waals surface area contributed by atoms with Gasteiger partial charge in [0.25, 0.3) is 5.91 Å². The molecule has 1 heterocycles. The Balaban J connectivity index is 1.90. The van der Waals surface area contributed by atoms with Crippen molar-refractivity contribution in [1.82, 2.24) is 4.90 Å². The van der Waals surface area contributed by atoms with Crippen molar-refractivity contribution in [2.24, 2.45) is 5.90 Å². The molecular weight excluding hydrogens is 204 g/mol. The van der Waals surface area contributed by atoms with Crippen molar-refractivity contribution in [3.05, 3.63) is 34.9 Å². The molecule has 0 radical (unpaired) electrons. The monoisotopic (exact) mass is 218 g/mol. The van der Waals surface area contributed by atoms with Crippen LogP contribution in [0.25, 0.3) is 0 Å². The summed E-state index contributed by atoms with van der Waals surface area (Å²) in [4.78, 5) is 18.6. The highest BCUT2D eigenvalue weighted by Crippen LogP contribution is 2.34. The summed E-state index contributed by atoms with van der Waals surface area (Å²) in [5.41, 5.74) is 2.89. The quantitative estimate of drug-likeness (QED) is 0.775. The highest BCUT2D eigenvalue weighted by Gasteiger charge is 2.38. The summed E-state index contributed by atoms with van der Waals surface area (Å²) in [6.07, 6.45) is 2.30. The molecule has 1 aliphatic carbocycles. The standard InChI is InChI=1S/C12H14N2O2/c13-16-7-8-1-2-9-6-14(10-3-4-10)12(15)11(9)5-8/h1-2,5,10H,3-4,6-7,13H2. The lowest BCUT2D eigenvalue weighted by molar-refractivity contribution is 0.0766. The molecule has 1 aromatic carbocycles. The largest absolute Gasteiger partial charge is 0.331 e. The molecule has 2 aliphatic rings. The number of nitrogens with two attached hydrogens (primary N) is 1. The zero-order valence-corrected chi connectivity index (χ0v) is 8.98. The molecule has 3 rings (SSSR count). The fraction of sp³-hybridized carbons (Fsp3) is 0.417. The molecule has 0 aromatic heterocycles. The number of fused-ring (bicyclic) bond motifs is 1. The van der Waals surface area contributed by atoms with Gasteiger partial charge >= 0.3 is 0 Å². The minimum Gasteiger partial charge on any atom is -0.331 e. The second-order valence-electron chi connectivity index (χ2n) is 4.47. The van der Waals surface area contributed by atoms with Gasteiger partial charge in [-0.1, -0.05) is 12.1 Å². The molecular formula is C12H14N2O2. The molecule has 4 nitrogen and oxygen atoms in total. The van der Waals surface area contributed by atoms with Gasteiger partial charge < -0.3 is 4.90 Å². The van der Waals surface area contributed by atoms with E-state index in [0.29, 0.717) is 12.6 Å². The SMILES string of the molecule is NOCc1ccc2c(c1)C(=O)N(C1CC1)C2. The average Bonchev–Trinajstić information content (AvgIpc) is 3.07. The van der Waals surface area contributed by atoms with E-state index in [1.807, 2.05) is 23.1 Å². The van der Waals surface area contributed by atoms with Crippen molar-refractivity contribution in [2.45, 2.75) is 32.0 Å². The van der Waals surface area contributed by atoms with E-state index < -0.39 is 0 Å². The van der Waals surface area contributed by atoms with Crippen LogP contribution in [-0.4, -0.2) is 16.8 Å². The average molecular weight is 218 g/mol. The smallest absolute Gasteiger partial charge is 0.254 e. The van der Waals surface area contributed by atoms with E-state index >= 15 is 0 Å². The lowest BCUT2D eigenvalue weighted by Crippen LogP contribution is -2.25. The third kappa shape index (κ3) is 1.50. The highest BCUT2D eigenvalue weighted by atomic mass is 16.6. The second kappa shape index (κ2) is 3.57. The number of rotatable bonds is 3. The summed E-state index contributed by atoms with van der Waals surface area (Å²) in [5.74, 6) is 5.19. The molecule has 0 unspecified atom stereocenters. The van der Waals surface area contributed by atoms with Crippen molar-refractivity contribution in [1.29, 1.82) is 0 Å². The summed E-state index contributed by atoms with van der Waals surface area (Å²) in [5, 5.41) is 0. The van der Waals surface area contributed by atoms with Gasteiger partial charge in [-0.05, 0) is 30.0 Å². The van der Waals surface area contributed by atoms with Crippen molar-refractivity contribution < 1.29 is 9.63 Å². The van der Waals surface area contributed by atoms with Gasteiger partial charge in [-0.2, -0.15) is 0 Å².